The minimum Gasteiger partial charge on any atom is -0.462 e. The summed E-state index contributed by atoms with van der Waals surface area (Å²) in [5, 5.41) is 0. The summed E-state index contributed by atoms with van der Waals surface area (Å²) in [6.45, 7) is 6.68. The van der Waals surface area contributed by atoms with E-state index in [2.05, 4.69) is 20.8 Å². The summed E-state index contributed by atoms with van der Waals surface area (Å²) in [5.74, 6) is -0.839. The average molecular weight is 863 g/mol. The van der Waals surface area contributed by atoms with Crippen molar-refractivity contribution in [3.8, 4) is 0 Å². The average Bonchev–Trinajstić information content (AvgIpc) is 3.26. The summed E-state index contributed by atoms with van der Waals surface area (Å²) in [6, 6.07) is 0. The first-order chi connectivity index (χ1) is 30.0. The fourth-order valence-corrected chi connectivity index (χ4v) is 8.45. The highest BCUT2D eigenvalue weighted by molar-refractivity contribution is 5.71. The van der Waals surface area contributed by atoms with Crippen LogP contribution in [0.3, 0.4) is 0 Å². The van der Waals surface area contributed by atoms with Crippen LogP contribution in [-0.4, -0.2) is 37.2 Å². The molecule has 0 fully saturated rings. The third-order valence-corrected chi connectivity index (χ3v) is 12.6. The number of hydrogen-bond acceptors (Lipinski definition) is 6. The largest absolute Gasteiger partial charge is 0.462 e. The Morgan fingerprint density at radius 2 is 0.443 bits per heavy atom. The highest BCUT2D eigenvalue weighted by Gasteiger charge is 2.19. The molecule has 0 spiro atoms. The Bertz CT molecular complexity index is 905. The Morgan fingerprint density at radius 1 is 0.262 bits per heavy atom. The van der Waals surface area contributed by atoms with Gasteiger partial charge in [0.25, 0.3) is 0 Å². The van der Waals surface area contributed by atoms with Gasteiger partial charge in [0.2, 0.25) is 0 Å². The minimum atomic E-state index is -0.759. The van der Waals surface area contributed by atoms with Crippen molar-refractivity contribution in [3.63, 3.8) is 0 Å². The predicted octanol–water partition coefficient (Wildman–Crippen LogP) is 18.0. The van der Waals surface area contributed by atoms with Crippen molar-refractivity contribution in [2.75, 3.05) is 13.2 Å². The number of carbonyl (C=O) groups is 3. The third-order valence-electron chi connectivity index (χ3n) is 12.6. The van der Waals surface area contributed by atoms with Crippen molar-refractivity contribution in [2.45, 2.75) is 322 Å². The van der Waals surface area contributed by atoms with Crippen LogP contribution in [0.2, 0.25) is 0 Å². The second kappa shape index (κ2) is 51.0. The number of esters is 3. The van der Waals surface area contributed by atoms with E-state index in [9.17, 15) is 14.4 Å². The molecule has 0 rings (SSSR count). The maximum absolute atomic E-state index is 12.8. The molecule has 1 atom stereocenters. The van der Waals surface area contributed by atoms with Crippen molar-refractivity contribution < 1.29 is 28.6 Å². The molecule has 0 heterocycles. The lowest BCUT2D eigenvalue weighted by atomic mass is 10.0. The van der Waals surface area contributed by atoms with Gasteiger partial charge in [0.15, 0.2) is 6.10 Å². The third kappa shape index (κ3) is 49.3. The molecule has 0 saturated carbocycles. The van der Waals surface area contributed by atoms with E-state index >= 15 is 0 Å². The molecule has 61 heavy (non-hydrogen) atoms. The van der Waals surface area contributed by atoms with Crippen molar-refractivity contribution in [1.82, 2.24) is 0 Å². The summed E-state index contributed by atoms with van der Waals surface area (Å²) < 4.78 is 16.8. The first kappa shape index (κ1) is 59.4. The molecule has 362 valence electrons. The fourth-order valence-electron chi connectivity index (χ4n) is 8.45. The zero-order valence-corrected chi connectivity index (χ0v) is 41.5. The smallest absolute Gasteiger partial charge is 0.306 e. The van der Waals surface area contributed by atoms with Crippen molar-refractivity contribution in [3.05, 3.63) is 0 Å². The summed E-state index contributed by atoms with van der Waals surface area (Å²) in [5.41, 5.74) is 0. The van der Waals surface area contributed by atoms with Crippen LogP contribution in [0.1, 0.15) is 316 Å². The Balaban J connectivity index is 4.24. The quantitative estimate of drug-likeness (QED) is 0.0344. The summed E-state index contributed by atoms with van der Waals surface area (Å²) in [6.07, 6.45) is 55.2. The highest BCUT2D eigenvalue weighted by atomic mass is 16.6. The zero-order chi connectivity index (χ0) is 44.4. The fraction of sp³-hybridized carbons (Fsp3) is 0.945. The maximum atomic E-state index is 12.8. The first-order valence-corrected chi connectivity index (χ1v) is 27.5. The number of unbranched alkanes of at least 4 members (excludes halogenated alkanes) is 40. The van der Waals surface area contributed by atoms with Gasteiger partial charge in [-0.05, 0) is 19.3 Å². The molecule has 0 N–H and O–H groups in total. The van der Waals surface area contributed by atoms with Crippen molar-refractivity contribution in [2.24, 2.45) is 0 Å². The van der Waals surface area contributed by atoms with Crippen LogP contribution < -0.4 is 0 Å². The SMILES string of the molecule is CCCCCCCCCCCCCCCCCCCCCC(=O)O[C@@H](COC(=O)CCCCCCCCCCCC)COC(=O)CCCCCCCCCCCCCCCC. The van der Waals surface area contributed by atoms with Crippen LogP contribution in [0.5, 0.6) is 0 Å². The maximum Gasteiger partial charge on any atom is 0.306 e. The molecule has 0 aliphatic heterocycles. The molecular formula is C55H106O6. The number of hydrogen-bond donors (Lipinski definition) is 0. The van der Waals surface area contributed by atoms with E-state index in [1.807, 2.05) is 0 Å². The molecule has 0 aromatic carbocycles. The molecule has 0 aliphatic rings. The number of carbonyl (C=O) groups excluding carboxylic acids is 3. The number of rotatable bonds is 51. The molecule has 0 unspecified atom stereocenters. The zero-order valence-electron chi connectivity index (χ0n) is 41.5. The van der Waals surface area contributed by atoms with Gasteiger partial charge in [0.05, 0.1) is 0 Å². The summed E-state index contributed by atoms with van der Waals surface area (Å²) in [4.78, 5) is 38.0. The van der Waals surface area contributed by atoms with E-state index in [-0.39, 0.29) is 31.1 Å². The van der Waals surface area contributed by atoms with Gasteiger partial charge in [0, 0.05) is 19.3 Å². The normalized spacial score (nSPS) is 11.9. The lowest BCUT2D eigenvalue weighted by molar-refractivity contribution is -0.167. The first-order valence-electron chi connectivity index (χ1n) is 27.5. The van der Waals surface area contributed by atoms with E-state index in [0.29, 0.717) is 19.3 Å². The van der Waals surface area contributed by atoms with E-state index in [4.69, 9.17) is 14.2 Å². The molecule has 0 radical (unpaired) electrons. The van der Waals surface area contributed by atoms with Crippen LogP contribution in [-0.2, 0) is 28.6 Å². The minimum absolute atomic E-state index is 0.0616. The molecular weight excluding hydrogens is 757 g/mol. The second-order valence-corrected chi connectivity index (χ2v) is 18.9. The molecule has 0 amide bonds. The van der Waals surface area contributed by atoms with Gasteiger partial charge in [-0.3, -0.25) is 14.4 Å². The van der Waals surface area contributed by atoms with Gasteiger partial charge in [-0.2, -0.15) is 0 Å². The van der Waals surface area contributed by atoms with Gasteiger partial charge >= 0.3 is 17.9 Å². The Labute approximate surface area is 380 Å². The Kier molecular flexibility index (Phi) is 49.7. The van der Waals surface area contributed by atoms with E-state index in [0.717, 1.165) is 57.8 Å². The van der Waals surface area contributed by atoms with Crippen LogP contribution >= 0.6 is 0 Å². The Morgan fingerprint density at radius 3 is 0.656 bits per heavy atom. The lowest BCUT2D eigenvalue weighted by Gasteiger charge is -2.18. The van der Waals surface area contributed by atoms with E-state index in [1.165, 1.54) is 218 Å². The van der Waals surface area contributed by atoms with E-state index in [1.54, 1.807) is 0 Å². The van der Waals surface area contributed by atoms with Gasteiger partial charge in [-0.1, -0.05) is 278 Å². The molecule has 6 heteroatoms. The molecule has 0 aromatic rings. The van der Waals surface area contributed by atoms with Gasteiger partial charge in [0.1, 0.15) is 13.2 Å². The van der Waals surface area contributed by atoms with Crippen LogP contribution in [0.15, 0.2) is 0 Å². The van der Waals surface area contributed by atoms with Gasteiger partial charge in [-0.25, -0.2) is 0 Å². The summed E-state index contributed by atoms with van der Waals surface area (Å²) in [7, 11) is 0. The molecule has 0 bridgehead atoms. The standard InChI is InChI=1S/C55H106O6/c1-4-7-10-13-16-19-22-24-26-27-28-29-30-32-34-37-40-43-46-49-55(58)61-52(50-59-53(56)47-44-41-38-35-21-18-15-12-9-6-3)51-60-54(57)48-45-42-39-36-33-31-25-23-20-17-14-11-8-5-2/h52H,4-51H2,1-3H3/t52-/m0/s1. The molecule has 0 aliphatic carbocycles. The highest BCUT2D eigenvalue weighted by Crippen LogP contribution is 2.17. The molecule has 6 nitrogen and oxygen atoms in total. The molecule has 0 aromatic heterocycles. The second-order valence-electron chi connectivity index (χ2n) is 18.9. The number of ether oxygens (including phenoxy) is 3. The Hall–Kier alpha value is -1.59. The van der Waals surface area contributed by atoms with Crippen LogP contribution in [0, 0.1) is 0 Å². The van der Waals surface area contributed by atoms with Crippen LogP contribution in [0.25, 0.3) is 0 Å². The van der Waals surface area contributed by atoms with Gasteiger partial charge in [-0.15, -0.1) is 0 Å². The predicted molar refractivity (Wildman–Crippen MR) is 261 cm³/mol. The van der Waals surface area contributed by atoms with Crippen LogP contribution in [0.4, 0.5) is 0 Å². The summed E-state index contributed by atoms with van der Waals surface area (Å²) >= 11 is 0. The lowest BCUT2D eigenvalue weighted by Crippen LogP contribution is -2.30. The van der Waals surface area contributed by atoms with Gasteiger partial charge < -0.3 is 14.2 Å². The van der Waals surface area contributed by atoms with Crippen molar-refractivity contribution >= 4 is 17.9 Å². The van der Waals surface area contributed by atoms with E-state index < -0.39 is 6.10 Å². The van der Waals surface area contributed by atoms with Crippen molar-refractivity contribution in [1.29, 1.82) is 0 Å². The monoisotopic (exact) mass is 863 g/mol. The molecule has 0 saturated heterocycles. The topological polar surface area (TPSA) is 78.9 Å².